The van der Waals surface area contributed by atoms with Crippen LogP contribution in [-0.2, 0) is 4.74 Å². The Hall–Kier alpha value is -1.70. The predicted octanol–water partition coefficient (Wildman–Crippen LogP) is 1.79. The van der Waals surface area contributed by atoms with Gasteiger partial charge < -0.3 is 14.5 Å². The third-order valence-corrected chi connectivity index (χ3v) is 4.79. The Morgan fingerprint density at radius 2 is 2.00 bits per heavy atom. The maximum atomic E-state index is 13.2. The van der Waals surface area contributed by atoms with Crippen molar-refractivity contribution in [1.29, 1.82) is 0 Å². The molecule has 2 aromatic rings. The van der Waals surface area contributed by atoms with Crippen molar-refractivity contribution in [3.05, 3.63) is 24.0 Å². The molecule has 2 saturated heterocycles. The number of nitrogens with zero attached hydrogens (tertiary/aromatic N) is 3. The van der Waals surface area contributed by atoms with E-state index in [1.54, 1.807) is 6.07 Å². The first kappa shape index (κ1) is 15.8. The number of anilines is 1. The van der Waals surface area contributed by atoms with Crippen molar-refractivity contribution in [2.75, 3.05) is 57.8 Å². The van der Waals surface area contributed by atoms with Gasteiger partial charge in [0.05, 0.1) is 13.2 Å². The van der Waals surface area contributed by atoms with Gasteiger partial charge in [-0.3, -0.25) is 9.80 Å². The summed E-state index contributed by atoms with van der Waals surface area (Å²) < 4.78 is 24.2. The lowest BCUT2D eigenvalue weighted by molar-refractivity contribution is 0.0344. The average Bonchev–Trinajstić information content (AvgIpc) is 3.20. The summed E-state index contributed by atoms with van der Waals surface area (Å²) in [7, 11) is 0. The Bertz CT molecular complexity index is 686. The molecule has 1 atom stereocenters. The number of likely N-dealkylation sites (tertiary alicyclic amines) is 1. The van der Waals surface area contributed by atoms with E-state index >= 15 is 0 Å². The summed E-state index contributed by atoms with van der Waals surface area (Å²) in [5.74, 6) is -0.294. The first-order valence-corrected chi connectivity index (χ1v) is 8.61. The van der Waals surface area contributed by atoms with Crippen molar-refractivity contribution in [2.45, 2.75) is 12.5 Å². The molecular formula is C17H23FN4O2. The average molecular weight is 334 g/mol. The van der Waals surface area contributed by atoms with Crippen LogP contribution in [0.4, 0.5) is 10.4 Å². The number of oxazole rings is 1. The topological polar surface area (TPSA) is 53.8 Å². The van der Waals surface area contributed by atoms with E-state index in [0.29, 0.717) is 23.2 Å². The standard InChI is InChI=1S/C17H23FN4O2/c18-13-1-2-16-15(11-13)20-17(24-16)19-14-3-4-22(12-14)6-5-21-7-9-23-10-8-21/h1-2,11,14H,3-10,12H2,(H,19,20). The highest BCUT2D eigenvalue weighted by Crippen LogP contribution is 2.22. The SMILES string of the molecule is Fc1ccc2oc(NC3CCN(CCN4CCOCC4)C3)nc2c1. The number of aromatic nitrogens is 1. The van der Waals surface area contributed by atoms with Gasteiger partial charge in [-0.2, -0.15) is 4.98 Å². The van der Waals surface area contributed by atoms with E-state index in [4.69, 9.17) is 9.15 Å². The molecule has 2 fully saturated rings. The Balaban J connectivity index is 1.28. The monoisotopic (exact) mass is 334 g/mol. The molecule has 1 unspecified atom stereocenters. The van der Waals surface area contributed by atoms with Crippen molar-refractivity contribution in [3.8, 4) is 0 Å². The first-order chi connectivity index (χ1) is 11.8. The maximum absolute atomic E-state index is 13.2. The number of benzene rings is 1. The van der Waals surface area contributed by atoms with Gasteiger partial charge in [-0.15, -0.1) is 0 Å². The normalized spacial score (nSPS) is 23.1. The van der Waals surface area contributed by atoms with Crippen LogP contribution >= 0.6 is 0 Å². The van der Waals surface area contributed by atoms with E-state index in [2.05, 4.69) is 20.1 Å². The molecular weight excluding hydrogens is 311 g/mol. The Kier molecular flexibility index (Phi) is 4.64. The third-order valence-electron chi connectivity index (χ3n) is 4.79. The summed E-state index contributed by atoms with van der Waals surface area (Å²) >= 11 is 0. The second-order valence-corrected chi connectivity index (χ2v) is 6.52. The van der Waals surface area contributed by atoms with Crippen LogP contribution in [0.15, 0.2) is 22.6 Å². The van der Waals surface area contributed by atoms with Crippen LogP contribution in [0.3, 0.4) is 0 Å². The van der Waals surface area contributed by atoms with Crippen LogP contribution in [0.1, 0.15) is 6.42 Å². The van der Waals surface area contributed by atoms with Gasteiger partial charge >= 0.3 is 0 Å². The number of hydrogen-bond donors (Lipinski definition) is 1. The molecule has 0 spiro atoms. The molecule has 2 aliphatic rings. The molecule has 1 aromatic heterocycles. The minimum atomic E-state index is -0.294. The highest BCUT2D eigenvalue weighted by molar-refractivity contribution is 5.74. The van der Waals surface area contributed by atoms with Gasteiger partial charge in [0.2, 0.25) is 0 Å². The number of rotatable bonds is 5. The summed E-state index contributed by atoms with van der Waals surface area (Å²) in [6.45, 7) is 8.01. The zero-order valence-electron chi connectivity index (χ0n) is 13.7. The molecule has 3 heterocycles. The van der Waals surface area contributed by atoms with E-state index in [1.165, 1.54) is 12.1 Å². The van der Waals surface area contributed by atoms with Gasteiger partial charge in [-0.25, -0.2) is 4.39 Å². The van der Waals surface area contributed by atoms with Crippen molar-refractivity contribution in [1.82, 2.24) is 14.8 Å². The minimum Gasteiger partial charge on any atom is -0.424 e. The minimum absolute atomic E-state index is 0.294. The molecule has 4 rings (SSSR count). The van der Waals surface area contributed by atoms with Crippen LogP contribution in [-0.4, -0.2) is 73.3 Å². The van der Waals surface area contributed by atoms with E-state index in [1.807, 2.05) is 0 Å². The number of morpholine rings is 1. The second-order valence-electron chi connectivity index (χ2n) is 6.52. The summed E-state index contributed by atoms with van der Waals surface area (Å²) in [5, 5.41) is 3.34. The van der Waals surface area contributed by atoms with E-state index in [0.717, 1.165) is 58.9 Å². The van der Waals surface area contributed by atoms with Crippen molar-refractivity contribution < 1.29 is 13.5 Å². The largest absolute Gasteiger partial charge is 0.424 e. The van der Waals surface area contributed by atoms with Crippen molar-refractivity contribution >= 4 is 17.1 Å². The Morgan fingerprint density at radius 3 is 2.88 bits per heavy atom. The number of fused-ring (bicyclic) bond motifs is 1. The summed E-state index contributed by atoms with van der Waals surface area (Å²) in [6.07, 6.45) is 1.07. The zero-order chi connectivity index (χ0) is 16.4. The van der Waals surface area contributed by atoms with Crippen LogP contribution in [0, 0.1) is 5.82 Å². The summed E-state index contributed by atoms with van der Waals surface area (Å²) in [4.78, 5) is 9.25. The van der Waals surface area contributed by atoms with Gasteiger partial charge in [-0.1, -0.05) is 0 Å². The second kappa shape index (κ2) is 7.04. The fourth-order valence-electron chi connectivity index (χ4n) is 3.40. The molecule has 1 aromatic carbocycles. The van der Waals surface area contributed by atoms with Crippen molar-refractivity contribution in [3.63, 3.8) is 0 Å². The molecule has 0 saturated carbocycles. The van der Waals surface area contributed by atoms with Crippen LogP contribution in [0.25, 0.3) is 11.1 Å². The lowest BCUT2D eigenvalue weighted by atomic mass is 10.3. The quantitative estimate of drug-likeness (QED) is 0.900. The molecule has 0 bridgehead atoms. The fourth-order valence-corrected chi connectivity index (χ4v) is 3.40. The lowest BCUT2D eigenvalue weighted by Crippen LogP contribution is -2.41. The van der Waals surface area contributed by atoms with Gasteiger partial charge in [0, 0.05) is 51.4 Å². The number of ether oxygens (including phenoxy) is 1. The number of nitrogens with one attached hydrogen (secondary N) is 1. The maximum Gasteiger partial charge on any atom is 0.295 e. The molecule has 1 N–H and O–H groups in total. The Labute approximate surface area is 140 Å². The number of hydrogen-bond acceptors (Lipinski definition) is 6. The van der Waals surface area contributed by atoms with Crippen LogP contribution in [0.5, 0.6) is 0 Å². The van der Waals surface area contributed by atoms with Crippen LogP contribution in [0.2, 0.25) is 0 Å². The molecule has 7 heteroatoms. The molecule has 130 valence electrons. The van der Waals surface area contributed by atoms with Gasteiger partial charge in [0.25, 0.3) is 6.01 Å². The number of halogens is 1. The van der Waals surface area contributed by atoms with Gasteiger partial charge in [0.1, 0.15) is 11.3 Å². The molecule has 6 nitrogen and oxygen atoms in total. The summed E-state index contributed by atoms with van der Waals surface area (Å²) in [6, 6.07) is 5.21. The van der Waals surface area contributed by atoms with E-state index < -0.39 is 0 Å². The van der Waals surface area contributed by atoms with E-state index in [-0.39, 0.29) is 5.82 Å². The molecule has 24 heavy (non-hydrogen) atoms. The Morgan fingerprint density at radius 1 is 1.17 bits per heavy atom. The molecule has 0 amide bonds. The third kappa shape index (κ3) is 3.68. The summed E-state index contributed by atoms with van der Waals surface area (Å²) in [5.41, 5.74) is 1.17. The molecule has 2 aliphatic heterocycles. The first-order valence-electron chi connectivity index (χ1n) is 8.61. The highest BCUT2D eigenvalue weighted by Gasteiger charge is 2.24. The van der Waals surface area contributed by atoms with Crippen LogP contribution < -0.4 is 5.32 Å². The van der Waals surface area contributed by atoms with E-state index in [9.17, 15) is 4.39 Å². The van der Waals surface area contributed by atoms with Gasteiger partial charge in [0.15, 0.2) is 5.58 Å². The predicted molar refractivity (Wildman–Crippen MR) is 89.7 cm³/mol. The zero-order valence-corrected chi connectivity index (χ0v) is 13.7. The van der Waals surface area contributed by atoms with Crippen molar-refractivity contribution in [2.24, 2.45) is 0 Å². The molecule has 0 aliphatic carbocycles. The fraction of sp³-hybridized carbons (Fsp3) is 0.588. The molecule has 0 radical (unpaired) electrons. The van der Waals surface area contributed by atoms with Gasteiger partial charge in [-0.05, 0) is 18.6 Å². The smallest absolute Gasteiger partial charge is 0.295 e. The highest BCUT2D eigenvalue weighted by atomic mass is 19.1. The lowest BCUT2D eigenvalue weighted by Gasteiger charge is -2.28.